The molecule has 1 N–H and O–H groups in total. The summed E-state index contributed by atoms with van der Waals surface area (Å²) in [5.41, 5.74) is 4.48. The molecule has 0 amide bonds. The molecule has 1 fully saturated rings. The van der Waals surface area contributed by atoms with Gasteiger partial charge in [0.05, 0.1) is 32.8 Å². The zero-order valence-electron chi connectivity index (χ0n) is 23.2. The van der Waals surface area contributed by atoms with Crippen molar-refractivity contribution >= 4 is 11.8 Å². The van der Waals surface area contributed by atoms with Gasteiger partial charge in [0.2, 0.25) is 0 Å². The number of rotatable bonds is 7. The molecule has 0 spiro atoms. The quantitative estimate of drug-likeness (QED) is 0.442. The Hall–Kier alpha value is -3.74. The van der Waals surface area contributed by atoms with Gasteiger partial charge in [-0.05, 0) is 68.7 Å². The van der Waals surface area contributed by atoms with E-state index in [1.54, 1.807) is 27.4 Å². The second-order valence-corrected chi connectivity index (χ2v) is 10.6. The molecule has 5 rings (SSSR count). The number of nitrogens with one attached hydrogen (secondary N) is 1. The first-order chi connectivity index (χ1) is 18.9. The maximum atomic E-state index is 13.9. The predicted octanol–water partition coefficient (Wildman–Crippen LogP) is 5.95. The highest BCUT2D eigenvalue weighted by atomic mass is 16.5. The second kappa shape index (κ2) is 11.6. The zero-order valence-corrected chi connectivity index (χ0v) is 23.2. The van der Waals surface area contributed by atoms with Gasteiger partial charge >= 0.3 is 5.97 Å². The Morgan fingerprint density at radius 1 is 0.872 bits per heavy atom. The number of hydrogen-bond donors (Lipinski definition) is 1. The van der Waals surface area contributed by atoms with Crippen LogP contribution < -0.4 is 19.5 Å². The van der Waals surface area contributed by atoms with Gasteiger partial charge in [-0.25, -0.2) is 4.79 Å². The highest BCUT2D eigenvalue weighted by Gasteiger charge is 2.43. The van der Waals surface area contributed by atoms with E-state index in [9.17, 15) is 9.59 Å². The SMILES string of the molecule is COc1ccc([C@@H]2CC(=O)C3=C(C2)NC(C)=C(C(=O)OC2CCCCC2)[C@H]3c2ccc(OC)cc2OC)cc1. The maximum absolute atomic E-state index is 13.9. The largest absolute Gasteiger partial charge is 0.497 e. The molecular weight excluding hydrogens is 494 g/mol. The van der Waals surface area contributed by atoms with Gasteiger partial charge in [0, 0.05) is 35.0 Å². The fourth-order valence-electron chi connectivity index (χ4n) is 6.19. The minimum atomic E-state index is -0.595. The van der Waals surface area contributed by atoms with E-state index >= 15 is 0 Å². The lowest BCUT2D eigenvalue weighted by Crippen LogP contribution is -2.37. The Kier molecular flexibility index (Phi) is 7.96. The van der Waals surface area contributed by atoms with Crippen LogP contribution in [0.25, 0.3) is 0 Å². The number of benzene rings is 2. The van der Waals surface area contributed by atoms with E-state index in [0.29, 0.717) is 41.2 Å². The lowest BCUT2D eigenvalue weighted by atomic mass is 9.71. The Balaban J connectivity index is 1.56. The van der Waals surface area contributed by atoms with Crippen LogP contribution in [-0.4, -0.2) is 39.2 Å². The highest BCUT2D eigenvalue weighted by molar-refractivity contribution is 6.04. The van der Waals surface area contributed by atoms with Crippen molar-refractivity contribution in [3.05, 3.63) is 76.1 Å². The fraction of sp³-hybridized carbons (Fsp3) is 0.438. The number of ether oxygens (including phenoxy) is 4. The summed E-state index contributed by atoms with van der Waals surface area (Å²) in [4.78, 5) is 27.7. The minimum Gasteiger partial charge on any atom is -0.497 e. The van der Waals surface area contributed by atoms with Crippen molar-refractivity contribution in [3.63, 3.8) is 0 Å². The molecule has 2 atom stereocenters. The predicted molar refractivity (Wildman–Crippen MR) is 148 cm³/mol. The number of esters is 1. The maximum Gasteiger partial charge on any atom is 0.337 e. The van der Waals surface area contributed by atoms with E-state index in [1.807, 2.05) is 43.3 Å². The highest BCUT2D eigenvalue weighted by Crippen LogP contribution is 2.48. The Bertz CT molecular complexity index is 1300. The summed E-state index contributed by atoms with van der Waals surface area (Å²) >= 11 is 0. The number of carbonyl (C=O) groups excluding carboxylic acids is 2. The van der Waals surface area contributed by atoms with Crippen molar-refractivity contribution in [2.45, 2.75) is 69.8 Å². The molecule has 2 aromatic rings. The van der Waals surface area contributed by atoms with Gasteiger partial charge in [0.15, 0.2) is 5.78 Å². The minimum absolute atomic E-state index is 0.0166. The summed E-state index contributed by atoms with van der Waals surface area (Å²) in [5, 5.41) is 3.45. The summed E-state index contributed by atoms with van der Waals surface area (Å²) in [6.07, 6.45) is 5.95. The van der Waals surface area contributed by atoms with Gasteiger partial charge in [0.1, 0.15) is 23.4 Å². The lowest BCUT2D eigenvalue weighted by molar-refractivity contribution is -0.146. The number of hydrogen-bond acceptors (Lipinski definition) is 7. The molecule has 0 radical (unpaired) electrons. The number of allylic oxidation sites excluding steroid dienone is 3. The molecule has 0 unspecified atom stereocenters. The lowest BCUT2D eigenvalue weighted by Gasteiger charge is -2.37. The van der Waals surface area contributed by atoms with Gasteiger partial charge < -0.3 is 24.3 Å². The summed E-state index contributed by atoms with van der Waals surface area (Å²) < 4.78 is 22.5. The molecule has 7 nitrogen and oxygen atoms in total. The van der Waals surface area contributed by atoms with Crippen molar-refractivity contribution in [3.8, 4) is 17.2 Å². The number of methoxy groups -OCH3 is 3. The number of carbonyl (C=O) groups is 2. The third kappa shape index (κ3) is 5.40. The summed E-state index contributed by atoms with van der Waals surface area (Å²) in [7, 11) is 4.83. The van der Waals surface area contributed by atoms with Gasteiger partial charge in [-0.15, -0.1) is 0 Å². The molecule has 2 aromatic carbocycles. The third-order valence-corrected chi connectivity index (χ3v) is 8.21. The van der Waals surface area contributed by atoms with Crippen molar-refractivity contribution in [1.29, 1.82) is 0 Å². The number of ketones is 1. The van der Waals surface area contributed by atoms with Crippen LogP contribution in [0.4, 0.5) is 0 Å². The molecule has 0 bridgehead atoms. The smallest absolute Gasteiger partial charge is 0.337 e. The molecule has 0 aromatic heterocycles. The van der Waals surface area contributed by atoms with E-state index in [2.05, 4.69) is 5.32 Å². The summed E-state index contributed by atoms with van der Waals surface area (Å²) in [5.74, 6) is 1.06. The molecule has 2 aliphatic carbocycles. The molecule has 1 aliphatic heterocycles. The van der Waals surface area contributed by atoms with E-state index in [0.717, 1.165) is 48.3 Å². The van der Waals surface area contributed by atoms with Crippen molar-refractivity contribution in [1.82, 2.24) is 5.32 Å². The Labute approximate surface area is 230 Å². The van der Waals surface area contributed by atoms with E-state index in [4.69, 9.17) is 18.9 Å². The van der Waals surface area contributed by atoms with E-state index < -0.39 is 5.92 Å². The number of dihydropyridines is 1. The molecule has 3 aliphatic rings. The van der Waals surface area contributed by atoms with E-state index in [1.165, 1.54) is 6.42 Å². The van der Waals surface area contributed by atoms with Crippen molar-refractivity contribution < 1.29 is 28.5 Å². The van der Waals surface area contributed by atoms with Gasteiger partial charge in [-0.2, -0.15) is 0 Å². The normalized spacial score (nSPS) is 21.7. The Morgan fingerprint density at radius 3 is 2.23 bits per heavy atom. The molecule has 0 saturated heterocycles. The standard InChI is InChI=1S/C32H37NO6/c1-19-29(32(35)39-23-8-6-5-7-9-23)30(25-15-14-24(37-3)18-28(25)38-4)31-26(33-19)16-21(17-27(31)34)20-10-12-22(36-2)13-11-20/h10-15,18,21,23,30,33H,5-9,16-17H2,1-4H3/t21-,30+/m0/s1. The van der Waals surface area contributed by atoms with E-state index in [-0.39, 0.29) is 23.8 Å². The summed E-state index contributed by atoms with van der Waals surface area (Å²) in [6.45, 7) is 1.89. The summed E-state index contributed by atoms with van der Waals surface area (Å²) in [6, 6.07) is 13.4. The van der Waals surface area contributed by atoms with Gasteiger partial charge in [0.25, 0.3) is 0 Å². The zero-order chi connectivity index (χ0) is 27.5. The van der Waals surface area contributed by atoms with Crippen LogP contribution in [-0.2, 0) is 14.3 Å². The molecular formula is C32H37NO6. The topological polar surface area (TPSA) is 83.1 Å². The molecule has 1 heterocycles. The molecule has 39 heavy (non-hydrogen) atoms. The molecule has 1 saturated carbocycles. The van der Waals surface area contributed by atoms with Crippen LogP contribution in [0.3, 0.4) is 0 Å². The van der Waals surface area contributed by atoms with Crippen LogP contribution in [0.1, 0.15) is 74.8 Å². The first kappa shape index (κ1) is 26.9. The van der Waals surface area contributed by atoms with Crippen LogP contribution in [0, 0.1) is 0 Å². The average Bonchev–Trinajstić information content (AvgIpc) is 2.96. The van der Waals surface area contributed by atoms with Gasteiger partial charge in [-0.1, -0.05) is 24.6 Å². The monoisotopic (exact) mass is 531 g/mol. The number of Topliss-reactive ketones (excluding diaryl/α,β-unsaturated/α-hetero) is 1. The first-order valence-corrected chi connectivity index (χ1v) is 13.7. The van der Waals surface area contributed by atoms with Crippen LogP contribution >= 0.6 is 0 Å². The van der Waals surface area contributed by atoms with Crippen molar-refractivity contribution in [2.75, 3.05) is 21.3 Å². The van der Waals surface area contributed by atoms with Crippen molar-refractivity contribution in [2.24, 2.45) is 0 Å². The molecule has 7 heteroatoms. The van der Waals surface area contributed by atoms with Crippen LogP contribution in [0.2, 0.25) is 0 Å². The second-order valence-electron chi connectivity index (χ2n) is 10.6. The van der Waals surface area contributed by atoms with Crippen LogP contribution in [0.15, 0.2) is 65.0 Å². The van der Waals surface area contributed by atoms with Crippen LogP contribution in [0.5, 0.6) is 17.2 Å². The van der Waals surface area contributed by atoms with Gasteiger partial charge in [-0.3, -0.25) is 4.79 Å². The fourth-order valence-corrected chi connectivity index (χ4v) is 6.19. The first-order valence-electron chi connectivity index (χ1n) is 13.7. The Morgan fingerprint density at radius 2 is 1.56 bits per heavy atom. The third-order valence-electron chi connectivity index (χ3n) is 8.21. The molecule has 206 valence electrons. The average molecular weight is 532 g/mol.